The van der Waals surface area contributed by atoms with Gasteiger partial charge in [-0.3, -0.25) is 0 Å². The average molecular weight is 319 g/mol. The number of thiophene rings is 1. The van der Waals surface area contributed by atoms with Gasteiger partial charge < -0.3 is 16.2 Å². The highest BCUT2D eigenvalue weighted by atomic mass is 79.9. The van der Waals surface area contributed by atoms with Gasteiger partial charge in [0.25, 0.3) is 0 Å². The van der Waals surface area contributed by atoms with E-state index >= 15 is 0 Å². The van der Waals surface area contributed by atoms with Gasteiger partial charge in [-0.15, -0.1) is 11.3 Å². The standard InChI is InChI=1S/C12H19BrN2OS/c13-12-5-4-11(17-12)10(6-14)15-9-3-1-2-8(9)7-16/h4-5,8-10,15-16H,1-3,6-7,14H2. The summed E-state index contributed by atoms with van der Waals surface area (Å²) in [7, 11) is 0. The Morgan fingerprint density at radius 3 is 2.94 bits per heavy atom. The van der Waals surface area contributed by atoms with Gasteiger partial charge in [-0.2, -0.15) is 0 Å². The fourth-order valence-electron chi connectivity index (χ4n) is 2.52. The number of hydrogen-bond donors (Lipinski definition) is 3. The molecule has 3 unspecified atom stereocenters. The molecule has 0 aromatic carbocycles. The quantitative estimate of drug-likeness (QED) is 0.780. The molecule has 1 aliphatic rings. The molecule has 17 heavy (non-hydrogen) atoms. The molecule has 0 amide bonds. The first kappa shape index (κ1) is 13.5. The second-order valence-corrected chi connectivity index (χ2v) is 7.07. The lowest BCUT2D eigenvalue weighted by Gasteiger charge is -2.24. The predicted octanol–water partition coefficient (Wildman–Crippen LogP) is 2.26. The highest BCUT2D eigenvalue weighted by Gasteiger charge is 2.28. The van der Waals surface area contributed by atoms with E-state index in [0.717, 1.165) is 16.6 Å². The lowest BCUT2D eigenvalue weighted by atomic mass is 10.0. The summed E-state index contributed by atoms with van der Waals surface area (Å²) in [6.45, 7) is 0.880. The maximum absolute atomic E-state index is 9.32. The van der Waals surface area contributed by atoms with Crippen LogP contribution in [0.15, 0.2) is 15.9 Å². The summed E-state index contributed by atoms with van der Waals surface area (Å²) in [6, 6.07) is 4.79. The van der Waals surface area contributed by atoms with Crippen molar-refractivity contribution in [3.63, 3.8) is 0 Å². The van der Waals surface area contributed by atoms with E-state index < -0.39 is 0 Å². The second-order valence-electron chi connectivity index (χ2n) is 4.58. The molecule has 0 bridgehead atoms. The Kier molecular flexibility index (Phi) is 4.99. The van der Waals surface area contributed by atoms with E-state index in [-0.39, 0.29) is 12.6 Å². The number of nitrogens with one attached hydrogen (secondary N) is 1. The maximum atomic E-state index is 9.32. The molecule has 3 nitrogen and oxygen atoms in total. The van der Waals surface area contributed by atoms with Crippen LogP contribution < -0.4 is 11.1 Å². The lowest BCUT2D eigenvalue weighted by molar-refractivity contribution is 0.200. The van der Waals surface area contributed by atoms with E-state index in [9.17, 15) is 5.11 Å². The first-order chi connectivity index (χ1) is 8.24. The van der Waals surface area contributed by atoms with Gasteiger partial charge in [-0.25, -0.2) is 0 Å². The highest BCUT2D eigenvalue weighted by molar-refractivity contribution is 9.11. The summed E-state index contributed by atoms with van der Waals surface area (Å²) in [5, 5.41) is 12.9. The van der Waals surface area contributed by atoms with Crippen molar-refractivity contribution in [2.75, 3.05) is 13.2 Å². The molecule has 1 aromatic rings. The van der Waals surface area contributed by atoms with Gasteiger partial charge in [-0.05, 0) is 46.8 Å². The van der Waals surface area contributed by atoms with Crippen LogP contribution in [0.4, 0.5) is 0 Å². The van der Waals surface area contributed by atoms with Gasteiger partial charge in [0.05, 0.1) is 9.83 Å². The molecule has 1 aliphatic carbocycles. The highest BCUT2D eigenvalue weighted by Crippen LogP contribution is 2.31. The summed E-state index contributed by atoms with van der Waals surface area (Å²) >= 11 is 5.20. The lowest BCUT2D eigenvalue weighted by Crippen LogP contribution is -2.39. The first-order valence-electron chi connectivity index (χ1n) is 6.06. The van der Waals surface area contributed by atoms with E-state index in [2.05, 4.69) is 33.4 Å². The van der Waals surface area contributed by atoms with E-state index in [1.165, 1.54) is 11.3 Å². The molecule has 0 saturated heterocycles. The molecule has 1 saturated carbocycles. The minimum atomic E-state index is 0.212. The van der Waals surface area contributed by atoms with Crippen LogP contribution in [-0.2, 0) is 0 Å². The van der Waals surface area contributed by atoms with E-state index in [0.29, 0.717) is 18.5 Å². The molecule has 1 fully saturated rings. The molecule has 5 heteroatoms. The fourth-order valence-corrected chi connectivity index (χ4v) is 4.01. The average Bonchev–Trinajstić information content (AvgIpc) is 2.94. The van der Waals surface area contributed by atoms with Gasteiger partial charge in [0, 0.05) is 24.1 Å². The third kappa shape index (κ3) is 3.29. The van der Waals surface area contributed by atoms with Gasteiger partial charge in [0.15, 0.2) is 0 Å². The SMILES string of the molecule is NCC(NC1CCCC1CO)c1ccc(Br)s1. The minimum absolute atomic E-state index is 0.212. The van der Waals surface area contributed by atoms with Gasteiger partial charge in [0.1, 0.15) is 0 Å². The van der Waals surface area contributed by atoms with Crippen LogP contribution in [0.5, 0.6) is 0 Å². The smallest absolute Gasteiger partial charge is 0.0702 e. The molecule has 2 rings (SSSR count). The Hall–Kier alpha value is 0.0600. The molecule has 0 aliphatic heterocycles. The Balaban J connectivity index is 2.00. The normalized spacial score (nSPS) is 26.3. The molecule has 4 N–H and O–H groups in total. The van der Waals surface area contributed by atoms with E-state index in [1.54, 1.807) is 11.3 Å². The molecule has 3 atom stereocenters. The monoisotopic (exact) mass is 318 g/mol. The zero-order chi connectivity index (χ0) is 12.3. The summed E-state index contributed by atoms with van der Waals surface area (Å²) in [5.41, 5.74) is 5.85. The van der Waals surface area contributed by atoms with Crippen LogP contribution >= 0.6 is 27.3 Å². The zero-order valence-corrected chi connectivity index (χ0v) is 12.1. The molecule has 96 valence electrons. The first-order valence-corrected chi connectivity index (χ1v) is 7.67. The van der Waals surface area contributed by atoms with Crippen molar-refractivity contribution in [3.8, 4) is 0 Å². The summed E-state index contributed by atoms with van der Waals surface area (Å²) in [5.74, 6) is 0.396. The van der Waals surface area contributed by atoms with Gasteiger partial charge >= 0.3 is 0 Å². The molecule has 0 radical (unpaired) electrons. The summed E-state index contributed by atoms with van der Waals surface area (Å²) < 4.78 is 1.14. The number of aliphatic hydroxyl groups excluding tert-OH is 1. The van der Waals surface area contributed by atoms with Crippen molar-refractivity contribution < 1.29 is 5.11 Å². The van der Waals surface area contributed by atoms with Crippen LogP contribution in [-0.4, -0.2) is 24.3 Å². The zero-order valence-electron chi connectivity index (χ0n) is 9.73. The van der Waals surface area contributed by atoms with Crippen molar-refractivity contribution in [3.05, 3.63) is 20.8 Å². The number of halogens is 1. The third-order valence-electron chi connectivity index (χ3n) is 3.48. The molecule has 0 spiro atoms. The predicted molar refractivity (Wildman–Crippen MR) is 75.2 cm³/mol. The summed E-state index contributed by atoms with van der Waals surface area (Å²) in [4.78, 5) is 1.27. The fraction of sp³-hybridized carbons (Fsp3) is 0.667. The molecule has 1 heterocycles. The van der Waals surface area contributed by atoms with Crippen LogP contribution in [0, 0.1) is 5.92 Å². The number of rotatable bonds is 5. The molecular weight excluding hydrogens is 300 g/mol. The molecular formula is C12H19BrN2OS. The topological polar surface area (TPSA) is 58.3 Å². The van der Waals surface area contributed by atoms with Crippen molar-refractivity contribution in [1.29, 1.82) is 0 Å². The van der Waals surface area contributed by atoms with Crippen LogP contribution in [0.25, 0.3) is 0 Å². The van der Waals surface area contributed by atoms with Crippen molar-refractivity contribution in [1.82, 2.24) is 5.32 Å². The Labute approximate surface area is 115 Å². The largest absolute Gasteiger partial charge is 0.396 e. The van der Waals surface area contributed by atoms with Crippen LogP contribution in [0.1, 0.15) is 30.2 Å². The Morgan fingerprint density at radius 1 is 1.53 bits per heavy atom. The van der Waals surface area contributed by atoms with E-state index in [4.69, 9.17) is 5.73 Å². The van der Waals surface area contributed by atoms with Crippen molar-refractivity contribution in [2.24, 2.45) is 11.7 Å². The number of nitrogens with two attached hydrogens (primary N) is 1. The van der Waals surface area contributed by atoms with Crippen molar-refractivity contribution in [2.45, 2.75) is 31.3 Å². The minimum Gasteiger partial charge on any atom is -0.396 e. The Morgan fingerprint density at radius 2 is 2.35 bits per heavy atom. The second kappa shape index (κ2) is 6.29. The summed E-state index contributed by atoms with van der Waals surface area (Å²) in [6.07, 6.45) is 3.47. The maximum Gasteiger partial charge on any atom is 0.0702 e. The number of hydrogen-bond acceptors (Lipinski definition) is 4. The van der Waals surface area contributed by atoms with Gasteiger partial charge in [0.2, 0.25) is 0 Å². The number of aliphatic hydroxyl groups is 1. The Bertz CT molecular complexity index is 358. The van der Waals surface area contributed by atoms with Crippen LogP contribution in [0.3, 0.4) is 0 Å². The van der Waals surface area contributed by atoms with E-state index in [1.807, 2.05) is 0 Å². The molecule has 1 aromatic heterocycles. The third-order valence-corrected chi connectivity index (χ3v) is 5.22. The van der Waals surface area contributed by atoms with Crippen LogP contribution in [0.2, 0.25) is 0 Å². The van der Waals surface area contributed by atoms with Gasteiger partial charge in [-0.1, -0.05) is 6.42 Å². The van der Waals surface area contributed by atoms with Crippen molar-refractivity contribution >= 4 is 27.3 Å².